The van der Waals surface area contributed by atoms with E-state index in [4.69, 9.17) is 0 Å². The first-order chi connectivity index (χ1) is 28.3. The summed E-state index contributed by atoms with van der Waals surface area (Å²) in [5, 5.41) is 1.35. The minimum Gasteiger partial charge on any atom is -0.311 e. The second-order valence-electron chi connectivity index (χ2n) is 21.5. The van der Waals surface area contributed by atoms with E-state index < -0.39 is 0 Å². The number of hydrogen-bond donors (Lipinski definition) is 0. The molecule has 3 heterocycles. The minimum atomic E-state index is 0.0278. The van der Waals surface area contributed by atoms with E-state index in [1.54, 1.807) is 0 Å². The smallest absolute Gasteiger partial charge is 0.264 e. The molecule has 2 nitrogen and oxygen atoms in total. The third kappa shape index (κ3) is 6.03. The van der Waals surface area contributed by atoms with Gasteiger partial charge in [0.1, 0.15) is 0 Å². The lowest BCUT2D eigenvalue weighted by atomic mass is 9.35. The molecule has 0 radical (unpaired) electrons. The fraction of sp³-hybridized carbons (Fsp3) is 0.321. The van der Waals surface area contributed by atoms with Crippen LogP contribution in [0.1, 0.15) is 115 Å². The molecular weight excluding hydrogens is 744 g/mol. The maximum atomic E-state index is 2.68. The zero-order valence-electron chi connectivity index (χ0n) is 37.8. The van der Waals surface area contributed by atoms with E-state index in [2.05, 4.69) is 208 Å². The Morgan fingerprint density at radius 2 is 1.18 bits per heavy atom. The van der Waals surface area contributed by atoms with Crippen molar-refractivity contribution in [1.29, 1.82) is 0 Å². The van der Waals surface area contributed by atoms with E-state index in [-0.39, 0.29) is 28.4 Å². The molecule has 4 heteroatoms. The Morgan fingerprint density at radius 3 is 1.83 bits per heavy atom. The minimum absolute atomic E-state index is 0.0278. The number of rotatable bonds is 3. The molecule has 0 fully saturated rings. The summed E-state index contributed by atoms with van der Waals surface area (Å²) < 4.78 is 2.79. The van der Waals surface area contributed by atoms with Crippen LogP contribution in [0.2, 0.25) is 0 Å². The zero-order chi connectivity index (χ0) is 42.3. The van der Waals surface area contributed by atoms with Crippen molar-refractivity contribution in [2.45, 2.75) is 118 Å². The van der Waals surface area contributed by atoms with Crippen molar-refractivity contribution >= 4 is 78.0 Å². The van der Waals surface area contributed by atoms with Crippen LogP contribution >= 0.6 is 11.3 Å². The molecule has 2 aliphatic heterocycles. The Kier molecular flexibility index (Phi) is 8.62. The van der Waals surface area contributed by atoms with Crippen LogP contribution in [0.4, 0.5) is 34.1 Å². The largest absolute Gasteiger partial charge is 0.311 e. The van der Waals surface area contributed by atoms with Crippen LogP contribution in [0.5, 0.6) is 0 Å². The van der Waals surface area contributed by atoms with Crippen molar-refractivity contribution < 1.29 is 0 Å². The second-order valence-corrected chi connectivity index (χ2v) is 22.6. The Hall–Kier alpha value is -5.06. The molecular formula is C56H59BN2S. The van der Waals surface area contributed by atoms with Crippen LogP contribution in [0.15, 0.2) is 115 Å². The predicted molar refractivity (Wildman–Crippen MR) is 263 cm³/mol. The number of aryl methyl sites for hydroxylation is 2. The van der Waals surface area contributed by atoms with Gasteiger partial charge in [0.05, 0.1) is 5.69 Å². The molecule has 302 valence electrons. The van der Waals surface area contributed by atoms with E-state index in [0.29, 0.717) is 0 Å². The Morgan fingerprint density at radius 1 is 0.567 bits per heavy atom. The fourth-order valence-corrected chi connectivity index (χ4v) is 11.7. The van der Waals surface area contributed by atoms with Crippen molar-refractivity contribution in [1.82, 2.24) is 0 Å². The van der Waals surface area contributed by atoms with Crippen molar-refractivity contribution in [3.8, 4) is 11.1 Å². The lowest BCUT2D eigenvalue weighted by Gasteiger charge is -2.47. The van der Waals surface area contributed by atoms with Gasteiger partial charge in [0.15, 0.2) is 0 Å². The molecule has 0 bridgehead atoms. The Balaban J connectivity index is 1.34. The lowest BCUT2D eigenvalue weighted by molar-refractivity contribution is 0.332. The molecule has 0 saturated heterocycles. The molecule has 10 rings (SSSR count). The summed E-state index contributed by atoms with van der Waals surface area (Å²) in [6, 6.07) is 45.0. The number of anilines is 6. The molecule has 0 spiro atoms. The van der Waals surface area contributed by atoms with Gasteiger partial charge >= 0.3 is 0 Å². The quantitative estimate of drug-likeness (QED) is 0.164. The van der Waals surface area contributed by atoms with Gasteiger partial charge in [0.25, 0.3) is 6.71 Å². The predicted octanol–water partition coefficient (Wildman–Crippen LogP) is 14.2. The molecule has 0 atom stereocenters. The van der Waals surface area contributed by atoms with Gasteiger partial charge in [-0.25, -0.2) is 0 Å². The summed E-state index contributed by atoms with van der Waals surface area (Å²) in [6.07, 6.45) is 2.36. The Bertz CT molecular complexity index is 2860. The van der Waals surface area contributed by atoms with Gasteiger partial charge in [-0.15, -0.1) is 11.3 Å². The highest BCUT2D eigenvalue weighted by molar-refractivity contribution is 7.33. The maximum absolute atomic E-state index is 2.68. The summed E-state index contributed by atoms with van der Waals surface area (Å²) in [5.41, 5.74) is 21.5. The fourth-order valence-electron chi connectivity index (χ4n) is 10.4. The van der Waals surface area contributed by atoms with Gasteiger partial charge in [0.2, 0.25) is 0 Å². The maximum Gasteiger partial charge on any atom is 0.264 e. The van der Waals surface area contributed by atoms with Gasteiger partial charge in [-0.2, -0.15) is 0 Å². The van der Waals surface area contributed by atoms with Gasteiger partial charge in [-0.3, -0.25) is 0 Å². The van der Waals surface area contributed by atoms with Crippen molar-refractivity contribution in [2.75, 3.05) is 9.80 Å². The third-order valence-corrected chi connectivity index (χ3v) is 15.4. The normalized spacial score (nSPS) is 16.4. The van der Waals surface area contributed by atoms with Gasteiger partial charge in [0, 0.05) is 43.3 Å². The number of fused-ring (bicyclic) bond motifs is 7. The number of hydrogen-bond acceptors (Lipinski definition) is 3. The molecule has 60 heavy (non-hydrogen) atoms. The third-order valence-electron chi connectivity index (χ3n) is 14.2. The van der Waals surface area contributed by atoms with Crippen LogP contribution in [-0.2, 0) is 21.7 Å². The first kappa shape index (κ1) is 39.1. The topological polar surface area (TPSA) is 6.48 Å². The van der Waals surface area contributed by atoms with Crippen LogP contribution in [0, 0.1) is 13.8 Å². The van der Waals surface area contributed by atoms with Gasteiger partial charge in [-0.05, 0) is 152 Å². The standard InChI is InChI=1S/C56H59BN2S/c1-34-28-47-50-48(29-34)59(45-30-37(19-18-35(45)2)36-16-14-13-15-17-36)46-33-43-42(55(9,10)26-27-56(43,11)12)32-44(46)57(50)52-51(41-31-39(54(6,7)8)22-25-49(41)60-52)58(47)40-23-20-38(21-24-40)53(3,4)5/h13-25,28-33H,26-27H2,1-12H3. The summed E-state index contributed by atoms with van der Waals surface area (Å²) in [7, 11) is 0. The first-order valence-corrected chi connectivity index (χ1v) is 22.9. The monoisotopic (exact) mass is 802 g/mol. The summed E-state index contributed by atoms with van der Waals surface area (Å²) in [5.74, 6) is 0. The average molecular weight is 803 g/mol. The van der Waals surface area contributed by atoms with Crippen LogP contribution in [0.3, 0.4) is 0 Å². The molecule has 7 aromatic rings. The highest BCUT2D eigenvalue weighted by Gasteiger charge is 2.48. The van der Waals surface area contributed by atoms with Gasteiger partial charge in [-0.1, -0.05) is 136 Å². The van der Waals surface area contributed by atoms with Crippen LogP contribution in [0.25, 0.3) is 21.2 Å². The summed E-state index contributed by atoms with van der Waals surface area (Å²) in [4.78, 5) is 5.30. The van der Waals surface area contributed by atoms with Gasteiger partial charge < -0.3 is 9.80 Å². The molecule has 6 aromatic carbocycles. The van der Waals surface area contributed by atoms with E-state index in [9.17, 15) is 0 Å². The summed E-state index contributed by atoms with van der Waals surface area (Å²) in [6.45, 7) is 28.5. The lowest BCUT2D eigenvalue weighted by Crippen LogP contribution is -2.61. The van der Waals surface area contributed by atoms with E-state index in [0.717, 1.165) is 0 Å². The summed E-state index contributed by atoms with van der Waals surface area (Å²) >= 11 is 2.01. The second kappa shape index (κ2) is 13.2. The Labute approximate surface area is 363 Å². The van der Waals surface area contributed by atoms with E-state index >= 15 is 0 Å². The van der Waals surface area contributed by atoms with Crippen molar-refractivity contribution in [3.05, 3.63) is 149 Å². The first-order valence-electron chi connectivity index (χ1n) is 22.1. The zero-order valence-corrected chi connectivity index (χ0v) is 38.6. The molecule has 1 aromatic heterocycles. The van der Waals surface area contributed by atoms with Crippen LogP contribution < -0.4 is 25.5 Å². The molecule has 0 unspecified atom stereocenters. The number of thiophene rings is 1. The molecule has 1 aliphatic carbocycles. The van der Waals surface area contributed by atoms with Crippen LogP contribution in [-0.4, -0.2) is 6.71 Å². The average Bonchev–Trinajstić information content (AvgIpc) is 3.58. The molecule has 3 aliphatic rings. The molecule has 0 amide bonds. The van der Waals surface area contributed by atoms with Crippen molar-refractivity contribution in [2.24, 2.45) is 0 Å². The highest BCUT2D eigenvalue weighted by atomic mass is 32.1. The highest BCUT2D eigenvalue weighted by Crippen LogP contribution is 2.52. The molecule has 0 saturated carbocycles. The number of nitrogens with zero attached hydrogens (tertiary/aromatic N) is 2. The van der Waals surface area contributed by atoms with E-state index in [1.165, 1.54) is 117 Å². The van der Waals surface area contributed by atoms with E-state index in [1.807, 2.05) is 11.3 Å². The van der Waals surface area contributed by atoms with Crippen molar-refractivity contribution in [3.63, 3.8) is 0 Å². The number of benzene rings is 6. The molecule has 0 N–H and O–H groups in total. The SMILES string of the molecule is Cc1cc2c3c(c1)N(c1ccc(C(C)(C)C)cc1)c1c(sc4ccc(C(C)(C)C)cc14)B3c1cc3c(cc1N2c1cc(-c2ccccc2)ccc1C)C(C)(C)CCC3(C)C.